The number of carbonyl (C=O) groups excluding carboxylic acids is 1. The number of hydrogen-bond acceptors (Lipinski definition) is 4. The fourth-order valence-corrected chi connectivity index (χ4v) is 8.03. The van der Waals surface area contributed by atoms with Gasteiger partial charge in [-0.1, -0.05) is 75.4 Å². The summed E-state index contributed by atoms with van der Waals surface area (Å²) in [5.41, 5.74) is 2.79. The number of hydrogen-bond donors (Lipinski definition) is 2. The highest BCUT2D eigenvalue weighted by Gasteiger charge is 2.50. The average molecular weight is 602 g/mol. The van der Waals surface area contributed by atoms with E-state index in [-0.39, 0.29) is 6.23 Å². The van der Waals surface area contributed by atoms with Gasteiger partial charge in [0, 0.05) is 13.2 Å². The lowest BCUT2D eigenvalue weighted by molar-refractivity contribution is -0.141. The molecule has 0 aromatic heterocycles. The van der Waals surface area contributed by atoms with Crippen molar-refractivity contribution in [2.45, 2.75) is 108 Å². The summed E-state index contributed by atoms with van der Waals surface area (Å²) in [7, 11) is 1.83. The zero-order valence-corrected chi connectivity index (χ0v) is 26.0. The molecule has 3 atom stereocenters. The molecule has 43 heavy (non-hydrogen) atoms. The number of allylic oxidation sites excluding steroid dienone is 3. The Morgan fingerprint density at radius 2 is 1.79 bits per heavy atom. The molecule has 5 rings (SSSR count). The van der Waals surface area contributed by atoms with Crippen molar-refractivity contribution in [1.82, 2.24) is 15.5 Å². The second-order valence-electron chi connectivity index (χ2n) is 13.3. The fourth-order valence-electron chi connectivity index (χ4n) is 8.03. The van der Waals surface area contributed by atoms with Crippen LogP contribution in [0.25, 0.3) is 5.57 Å². The third kappa shape index (κ3) is 7.56. The van der Waals surface area contributed by atoms with Gasteiger partial charge in [0.2, 0.25) is 5.91 Å². The lowest BCUT2D eigenvalue weighted by Gasteiger charge is -2.36. The average Bonchev–Trinajstić information content (AvgIpc) is 3.12. The molecule has 5 nitrogen and oxygen atoms in total. The second kappa shape index (κ2) is 14.3. The van der Waals surface area contributed by atoms with Crippen LogP contribution in [0.4, 0.5) is 13.2 Å². The molecule has 1 heterocycles. The van der Waals surface area contributed by atoms with E-state index in [1.54, 1.807) is 0 Å². The van der Waals surface area contributed by atoms with Crippen LogP contribution in [0.1, 0.15) is 95.1 Å². The van der Waals surface area contributed by atoms with E-state index in [1.165, 1.54) is 38.5 Å². The largest absolute Gasteiger partial charge is 0.405 e. The van der Waals surface area contributed by atoms with Crippen molar-refractivity contribution in [3.05, 3.63) is 53.1 Å². The molecular formula is C35H50F3N3O2. The molecule has 1 aliphatic heterocycles. The highest BCUT2D eigenvalue weighted by molar-refractivity contribution is 6.01. The standard InChI is InChI=1S/C35H50F3N3O2/c1-25-15-16-31-29(23-25)28-13-7-8-14-30(28)34(31,33(42)39-24-35(36,37)38)19-9-10-20-41-21-17-27(18-22-41)40-32(43-2)26-11-5-3-4-6-12-26/h7-8,13-16,25-27,32,40H,3-6,9-12,17-24H2,1-2H3,(H,39,42). The molecule has 1 aromatic carbocycles. The fraction of sp³-hybridized carbons (Fsp3) is 0.686. The summed E-state index contributed by atoms with van der Waals surface area (Å²) in [6.07, 6.45) is 12.7. The molecule has 1 aromatic rings. The SMILES string of the molecule is COC(NC1CCN(CCCCC2(C(=O)NCC(F)(F)F)C3=C(CC(C)C=C3)c3ccccc32)CC1)C1CCCCCC1. The third-order valence-electron chi connectivity index (χ3n) is 10.3. The van der Waals surface area contributed by atoms with Crippen LogP contribution < -0.4 is 10.6 Å². The first-order valence-electron chi connectivity index (χ1n) is 16.6. The first-order valence-corrected chi connectivity index (χ1v) is 16.6. The van der Waals surface area contributed by atoms with Crippen molar-refractivity contribution < 1.29 is 22.7 Å². The number of amides is 1. The molecule has 2 fully saturated rings. The highest BCUT2D eigenvalue weighted by Crippen LogP contribution is 2.53. The van der Waals surface area contributed by atoms with Crippen LogP contribution in [0.15, 0.2) is 42.0 Å². The van der Waals surface area contributed by atoms with Crippen molar-refractivity contribution in [3.63, 3.8) is 0 Å². The van der Waals surface area contributed by atoms with Gasteiger partial charge in [-0.2, -0.15) is 13.2 Å². The number of carbonyl (C=O) groups is 1. The Morgan fingerprint density at radius 1 is 1.07 bits per heavy atom. The van der Waals surface area contributed by atoms with Crippen LogP contribution in [0.3, 0.4) is 0 Å². The number of ether oxygens (including phenoxy) is 1. The Labute approximate surface area is 255 Å². The highest BCUT2D eigenvalue weighted by atomic mass is 19.4. The van der Waals surface area contributed by atoms with Crippen LogP contribution in [0.5, 0.6) is 0 Å². The quantitative estimate of drug-likeness (QED) is 0.161. The summed E-state index contributed by atoms with van der Waals surface area (Å²) in [6.45, 7) is 3.80. The van der Waals surface area contributed by atoms with Gasteiger partial charge in [-0.25, -0.2) is 0 Å². The van der Waals surface area contributed by atoms with E-state index in [0.29, 0.717) is 24.3 Å². The van der Waals surface area contributed by atoms with Gasteiger partial charge in [0.1, 0.15) is 12.8 Å². The van der Waals surface area contributed by atoms with E-state index in [1.807, 2.05) is 37.5 Å². The predicted octanol–water partition coefficient (Wildman–Crippen LogP) is 7.13. The first-order chi connectivity index (χ1) is 20.7. The zero-order chi connectivity index (χ0) is 30.5. The van der Waals surface area contributed by atoms with Crippen LogP contribution >= 0.6 is 0 Å². The summed E-state index contributed by atoms with van der Waals surface area (Å²) in [5, 5.41) is 6.10. The molecular weight excluding hydrogens is 551 g/mol. The maximum atomic E-state index is 13.8. The summed E-state index contributed by atoms with van der Waals surface area (Å²) in [5.74, 6) is 0.393. The number of alkyl halides is 3. The van der Waals surface area contributed by atoms with Crippen molar-refractivity contribution in [1.29, 1.82) is 0 Å². The Kier molecular flexibility index (Phi) is 10.7. The summed E-state index contributed by atoms with van der Waals surface area (Å²) >= 11 is 0. The Hall–Kier alpha value is -2.16. The van der Waals surface area contributed by atoms with Crippen LogP contribution in [-0.2, 0) is 14.9 Å². The van der Waals surface area contributed by atoms with Gasteiger partial charge >= 0.3 is 6.18 Å². The van der Waals surface area contributed by atoms with Gasteiger partial charge in [0.15, 0.2) is 0 Å². The van der Waals surface area contributed by atoms with Gasteiger partial charge < -0.3 is 15.0 Å². The molecule has 0 bridgehead atoms. The Bertz CT molecular complexity index is 1150. The van der Waals surface area contributed by atoms with Crippen molar-refractivity contribution in [2.75, 3.05) is 33.3 Å². The van der Waals surface area contributed by atoms with Gasteiger partial charge in [-0.05, 0) is 98.7 Å². The topological polar surface area (TPSA) is 53.6 Å². The van der Waals surface area contributed by atoms with E-state index >= 15 is 0 Å². The smallest absolute Gasteiger partial charge is 0.366 e. The summed E-state index contributed by atoms with van der Waals surface area (Å²) in [4.78, 5) is 16.3. The lowest BCUT2D eigenvalue weighted by atomic mass is 9.71. The number of piperidine rings is 1. The molecule has 8 heteroatoms. The van der Waals surface area contributed by atoms with Gasteiger partial charge in [0.25, 0.3) is 0 Å². The molecule has 3 unspecified atom stereocenters. The number of unbranched alkanes of at least 4 members (excludes halogenated alkanes) is 1. The molecule has 2 N–H and O–H groups in total. The van der Waals surface area contributed by atoms with Crippen LogP contribution in [-0.4, -0.2) is 62.5 Å². The maximum Gasteiger partial charge on any atom is 0.405 e. The van der Waals surface area contributed by atoms with E-state index in [2.05, 4.69) is 28.5 Å². The molecule has 238 valence electrons. The van der Waals surface area contributed by atoms with Gasteiger partial charge in [-0.3, -0.25) is 10.1 Å². The molecule has 4 aliphatic rings. The number of halogens is 3. The number of likely N-dealkylation sites (tertiary alicyclic amines) is 1. The second-order valence-corrected chi connectivity index (χ2v) is 13.3. The monoisotopic (exact) mass is 601 g/mol. The van der Waals surface area contributed by atoms with E-state index in [4.69, 9.17) is 4.74 Å². The van der Waals surface area contributed by atoms with Crippen molar-refractivity contribution in [2.24, 2.45) is 11.8 Å². The van der Waals surface area contributed by atoms with Crippen molar-refractivity contribution in [3.8, 4) is 0 Å². The van der Waals surface area contributed by atoms with E-state index < -0.39 is 24.0 Å². The molecule has 0 radical (unpaired) electrons. The molecule has 0 spiro atoms. The molecule has 1 saturated heterocycles. The maximum absolute atomic E-state index is 13.8. The Morgan fingerprint density at radius 3 is 2.49 bits per heavy atom. The number of benzene rings is 1. The minimum atomic E-state index is -4.46. The minimum absolute atomic E-state index is 0.139. The van der Waals surface area contributed by atoms with Gasteiger partial charge in [-0.15, -0.1) is 0 Å². The third-order valence-corrected chi connectivity index (χ3v) is 10.3. The number of nitrogens with zero attached hydrogens (tertiary/aromatic N) is 1. The summed E-state index contributed by atoms with van der Waals surface area (Å²) in [6, 6.07) is 8.29. The normalized spacial score (nSPS) is 26.2. The predicted molar refractivity (Wildman–Crippen MR) is 165 cm³/mol. The summed E-state index contributed by atoms with van der Waals surface area (Å²) < 4.78 is 45.5. The van der Waals surface area contributed by atoms with Crippen LogP contribution in [0, 0.1) is 11.8 Å². The Balaban J connectivity index is 1.19. The van der Waals surface area contributed by atoms with Crippen LogP contribution in [0.2, 0.25) is 0 Å². The molecule has 1 amide bonds. The van der Waals surface area contributed by atoms with Crippen molar-refractivity contribution >= 4 is 11.5 Å². The van der Waals surface area contributed by atoms with Gasteiger partial charge in [0.05, 0.1) is 5.41 Å². The van der Waals surface area contributed by atoms with E-state index in [0.717, 1.165) is 74.0 Å². The molecule has 1 saturated carbocycles. The number of fused-ring (bicyclic) bond motifs is 2. The molecule has 3 aliphatic carbocycles. The zero-order valence-electron chi connectivity index (χ0n) is 26.0. The lowest BCUT2D eigenvalue weighted by Crippen LogP contribution is -2.49. The minimum Gasteiger partial charge on any atom is -0.366 e. The number of methoxy groups -OCH3 is 1. The number of rotatable bonds is 11. The first kappa shape index (κ1) is 32.2. The number of nitrogens with one attached hydrogen (secondary N) is 2. The van der Waals surface area contributed by atoms with E-state index in [9.17, 15) is 18.0 Å².